The van der Waals surface area contributed by atoms with Crippen molar-refractivity contribution in [3.63, 3.8) is 0 Å². The summed E-state index contributed by atoms with van der Waals surface area (Å²) in [6.45, 7) is 0.374. The summed E-state index contributed by atoms with van der Waals surface area (Å²) in [4.78, 5) is 23.5. The average Bonchev–Trinajstić information content (AvgIpc) is 2.26. The fourth-order valence-electron chi connectivity index (χ4n) is 3.09. The van der Waals surface area contributed by atoms with Gasteiger partial charge in [-0.3, -0.25) is 25.1 Å². The molecule has 8 heteroatoms. The molecule has 0 aromatic carbocycles. The van der Waals surface area contributed by atoms with E-state index in [-0.39, 0.29) is 25.9 Å². The second-order valence-corrected chi connectivity index (χ2v) is 5.18. The lowest BCUT2D eigenvalue weighted by molar-refractivity contribution is -0.620. The maximum atomic E-state index is 11.3. The number of nitrogens with zero attached hydrogens (tertiary/aromatic N) is 3. The first kappa shape index (κ1) is 12.7. The number of rotatable bonds is 3. The van der Waals surface area contributed by atoms with Gasteiger partial charge in [-0.15, -0.1) is 0 Å². The number of nitro groups is 2. The van der Waals surface area contributed by atoms with Crippen molar-refractivity contribution in [2.24, 2.45) is 0 Å². The molecule has 1 heterocycles. The molecule has 1 aliphatic carbocycles. The van der Waals surface area contributed by atoms with Gasteiger partial charge in [0.25, 0.3) is 5.54 Å². The Morgan fingerprint density at radius 3 is 2.50 bits per heavy atom. The van der Waals surface area contributed by atoms with Crippen molar-refractivity contribution in [1.29, 1.82) is 0 Å². The fraction of sp³-hybridized carbons (Fsp3) is 0.800. The van der Waals surface area contributed by atoms with Crippen LogP contribution in [0.25, 0.3) is 0 Å². The van der Waals surface area contributed by atoms with Crippen LogP contribution in [0.1, 0.15) is 12.8 Å². The van der Waals surface area contributed by atoms with E-state index in [2.05, 4.69) is 0 Å². The molecule has 1 saturated heterocycles. The van der Waals surface area contributed by atoms with Crippen LogP contribution in [0.15, 0.2) is 11.8 Å². The third-order valence-corrected chi connectivity index (χ3v) is 3.69. The van der Waals surface area contributed by atoms with Crippen molar-refractivity contribution >= 4 is 0 Å². The molecular formula is C10H15N3O5. The largest absolute Gasteiger partial charge is 0.501 e. The van der Waals surface area contributed by atoms with E-state index in [4.69, 9.17) is 4.74 Å². The molecule has 0 saturated carbocycles. The maximum Gasteiger partial charge on any atom is 0.263 e. The van der Waals surface area contributed by atoms with Crippen molar-refractivity contribution in [1.82, 2.24) is 4.90 Å². The molecule has 18 heavy (non-hydrogen) atoms. The topological polar surface area (TPSA) is 98.8 Å². The van der Waals surface area contributed by atoms with Crippen LogP contribution in [-0.2, 0) is 4.74 Å². The Balaban J connectivity index is 2.52. The maximum absolute atomic E-state index is 11.3. The summed E-state index contributed by atoms with van der Waals surface area (Å²) in [5, 5.41) is 22.6. The van der Waals surface area contributed by atoms with Gasteiger partial charge in [-0.05, 0) is 7.05 Å². The second-order valence-electron chi connectivity index (χ2n) is 5.18. The molecule has 0 N–H and O–H groups in total. The van der Waals surface area contributed by atoms with Crippen LogP contribution < -0.4 is 0 Å². The minimum atomic E-state index is -1.41. The minimum Gasteiger partial charge on any atom is -0.501 e. The molecule has 2 aliphatic rings. The summed E-state index contributed by atoms with van der Waals surface area (Å²) in [7, 11) is 3.05. The van der Waals surface area contributed by atoms with Crippen molar-refractivity contribution in [2.75, 3.05) is 27.2 Å². The third-order valence-electron chi connectivity index (χ3n) is 3.69. The Kier molecular flexibility index (Phi) is 2.77. The van der Waals surface area contributed by atoms with Gasteiger partial charge in [-0.2, -0.15) is 0 Å². The zero-order valence-electron chi connectivity index (χ0n) is 10.3. The molecule has 2 rings (SSSR count). The highest BCUT2D eigenvalue weighted by molar-refractivity contribution is 5.21. The number of likely N-dealkylation sites (tertiary alicyclic amines) is 1. The lowest BCUT2D eigenvalue weighted by Crippen LogP contribution is -2.65. The van der Waals surface area contributed by atoms with E-state index in [1.165, 1.54) is 13.2 Å². The van der Waals surface area contributed by atoms with Gasteiger partial charge in [0, 0.05) is 15.9 Å². The van der Waals surface area contributed by atoms with Crippen molar-refractivity contribution in [2.45, 2.75) is 23.9 Å². The number of methoxy groups -OCH3 is 1. The molecular weight excluding hydrogens is 242 g/mol. The zero-order chi connectivity index (χ0) is 13.6. The van der Waals surface area contributed by atoms with Gasteiger partial charge in [-0.1, -0.05) is 0 Å². The second kappa shape index (κ2) is 3.91. The van der Waals surface area contributed by atoms with Gasteiger partial charge in [-0.25, -0.2) is 0 Å². The standard InChI is InChI=1S/C10H15N3O5/c1-11-6-9(12(14)15)3-8(18-2)4-10(5-9,7-11)13(16)17/h3H,4-7H2,1-2H3/t9-,10-/m0/s1. The van der Waals surface area contributed by atoms with Crippen LogP contribution in [0.4, 0.5) is 0 Å². The molecule has 0 radical (unpaired) electrons. The number of likely N-dealkylation sites (N-methyl/N-ethyl adjacent to an activating group) is 1. The molecule has 0 spiro atoms. The zero-order valence-corrected chi connectivity index (χ0v) is 10.3. The van der Waals surface area contributed by atoms with Crippen molar-refractivity contribution < 1.29 is 14.6 Å². The van der Waals surface area contributed by atoms with E-state index in [1.807, 2.05) is 0 Å². The predicted molar refractivity (Wildman–Crippen MR) is 61.3 cm³/mol. The van der Waals surface area contributed by atoms with Crippen LogP contribution in [0.3, 0.4) is 0 Å². The summed E-state index contributed by atoms with van der Waals surface area (Å²) >= 11 is 0. The molecule has 2 bridgehead atoms. The Hall–Kier alpha value is -1.70. The Labute approximate surface area is 104 Å². The Morgan fingerprint density at radius 2 is 2.00 bits per heavy atom. The van der Waals surface area contributed by atoms with E-state index in [0.29, 0.717) is 5.76 Å². The van der Waals surface area contributed by atoms with Gasteiger partial charge >= 0.3 is 0 Å². The lowest BCUT2D eigenvalue weighted by atomic mass is 9.71. The molecule has 1 fully saturated rings. The highest BCUT2D eigenvalue weighted by Gasteiger charge is 2.63. The van der Waals surface area contributed by atoms with Crippen molar-refractivity contribution in [3.05, 3.63) is 32.1 Å². The highest BCUT2D eigenvalue weighted by Crippen LogP contribution is 2.42. The molecule has 8 nitrogen and oxygen atoms in total. The van der Waals surface area contributed by atoms with Gasteiger partial charge in [0.05, 0.1) is 33.0 Å². The summed E-state index contributed by atoms with van der Waals surface area (Å²) in [6, 6.07) is 0. The van der Waals surface area contributed by atoms with E-state index >= 15 is 0 Å². The molecule has 0 aromatic rings. The lowest BCUT2D eigenvalue weighted by Gasteiger charge is -2.43. The third kappa shape index (κ3) is 1.72. The number of hydrogen-bond donors (Lipinski definition) is 0. The molecule has 2 atom stereocenters. The number of ether oxygens (including phenoxy) is 1. The SMILES string of the molecule is COC1=C[C@@]2([N+](=O)[O-])CN(C)C[C@]([N+](=O)[O-])(C1)C2. The first-order chi connectivity index (χ1) is 8.33. The van der Waals surface area contributed by atoms with E-state index in [9.17, 15) is 20.2 Å². The first-order valence-electron chi connectivity index (χ1n) is 5.57. The van der Waals surface area contributed by atoms with E-state index in [0.717, 1.165) is 0 Å². The molecule has 0 amide bonds. The van der Waals surface area contributed by atoms with Crippen LogP contribution >= 0.6 is 0 Å². The van der Waals surface area contributed by atoms with Crippen LogP contribution in [0, 0.1) is 20.2 Å². The van der Waals surface area contributed by atoms with Gasteiger partial charge in [0.2, 0.25) is 5.54 Å². The predicted octanol–water partition coefficient (Wildman–Crippen LogP) is 0.287. The quantitative estimate of drug-likeness (QED) is 0.532. The van der Waals surface area contributed by atoms with Gasteiger partial charge in [0.15, 0.2) is 0 Å². The summed E-state index contributed by atoms with van der Waals surface area (Å²) < 4.78 is 5.05. The number of piperidine rings is 1. The Bertz CT molecular complexity index is 437. The van der Waals surface area contributed by atoms with Gasteiger partial charge < -0.3 is 4.74 Å². The molecule has 0 unspecified atom stereocenters. The minimum absolute atomic E-state index is 0.0722. The molecule has 1 aliphatic heterocycles. The number of hydrogen-bond acceptors (Lipinski definition) is 6. The highest BCUT2D eigenvalue weighted by atomic mass is 16.6. The normalized spacial score (nSPS) is 35.8. The fourth-order valence-corrected chi connectivity index (χ4v) is 3.09. The smallest absolute Gasteiger partial charge is 0.263 e. The summed E-state index contributed by atoms with van der Waals surface area (Å²) in [6.07, 6.45) is 1.47. The average molecular weight is 257 g/mol. The van der Waals surface area contributed by atoms with Crippen LogP contribution in [0.2, 0.25) is 0 Å². The monoisotopic (exact) mass is 257 g/mol. The summed E-state index contributed by atoms with van der Waals surface area (Å²) in [5.41, 5.74) is -2.73. The first-order valence-corrected chi connectivity index (χ1v) is 5.57. The van der Waals surface area contributed by atoms with Crippen molar-refractivity contribution in [3.8, 4) is 0 Å². The summed E-state index contributed by atoms with van der Waals surface area (Å²) in [5.74, 6) is 0.336. The van der Waals surface area contributed by atoms with E-state index < -0.39 is 20.9 Å². The molecule has 0 aromatic heterocycles. The van der Waals surface area contributed by atoms with E-state index in [1.54, 1.807) is 11.9 Å². The van der Waals surface area contributed by atoms with Gasteiger partial charge in [0.1, 0.15) is 5.76 Å². The van der Waals surface area contributed by atoms with Crippen LogP contribution in [0.5, 0.6) is 0 Å². The van der Waals surface area contributed by atoms with Crippen LogP contribution in [-0.4, -0.2) is 53.1 Å². The molecule has 100 valence electrons. The Morgan fingerprint density at radius 1 is 1.33 bits per heavy atom. The number of fused-ring (bicyclic) bond motifs is 2.